The molecule has 0 spiro atoms. The molecule has 3 aromatic rings. The number of benzene rings is 2. The zero-order chi connectivity index (χ0) is 22.1. The van der Waals surface area contributed by atoms with Gasteiger partial charge >= 0.3 is 5.97 Å². The molecule has 0 aliphatic carbocycles. The highest BCUT2D eigenvalue weighted by atomic mass is 19.1. The van der Waals surface area contributed by atoms with Crippen molar-refractivity contribution in [3.05, 3.63) is 77.8 Å². The van der Waals surface area contributed by atoms with Crippen LogP contribution in [0.25, 0.3) is 11.3 Å². The van der Waals surface area contributed by atoms with Gasteiger partial charge in [-0.25, -0.2) is 13.8 Å². The summed E-state index contributed by atoms with van der Waals surface area (Å²) in [5.41, 5.74) is 1.27. The molecule has 0 unspecified atom stereocenters. The number of esters is 1. The van der Waals surface area contributed by atoms with Gasteiger partial charge < -0.3 is 14.5 Å². The van der Waals surface area contributed by atoms with Crippen LogP contribution in [0, 0.1) is 11.6 Å². The lowest BCUT2D eigenvalue weighted by molar-refractivity contribution is -0.148. The quantitative estimate of drug-likeness (QED) is 0.392. The summed E-state index contributed by atoms with van der Waals surface area (Å²) in [6.45, 7) is 0.131. The molecule has 162 valence electrons. The number of carbonyl (C=O) groups is 2. The lowest BCUT2D eigenvalue weighted by Gasteiger charge is -2.06. The van der Waals surface area contributed by atoms with Gasteiger partial charge in [0.2, 0.25) is 0 Å². The number of nitrogens with zero attached hydrogens (tertiary/aromatic N) is 1. The first-order valence-corrected chi connectivity index (χ1v) is 9.87. The predicted octanol–water partition coefficient (Wildman–Crippen LogP) is 3.84. The second-order valence-corrected chi connectivity index (χ2v) is 6.84. The number of nitrogens with one attached hydrogen (secondary N) is 1. The Morgan fingerprint density at radius 2 is 1.87 bits per heavy atom. The number of hydrogen-bond donors (Lipinski definition) is 1. The van der Waals surface area contributed by atoms with Crippen LogP contribution < -0.4 is 5.32 Å². The highest BCUT2D eigenvalue weighted by Gasteiger charge is 2.14. The molecular weight excluding hydrogens is 406 g/mol. The van der Waals surface area contributed by atoms with Crippen LogP contribution in [0.3, 0.4) is 0 Å². The third-order valence-corrected chi connectivity index (χ3v) is 4.46. The molecule has 1 aromatic heterocycles. The zero-order valence-electron chi connectivity index (χ0n) is 16.8. The Morgan fingerprint density at radius 3 is 2.65 bits per heavy atom. The van der Waals surface area contributed by atoms with Gasteiger partial charge in [-0.1, -0.05) is 30.3 Å². The lowest BCUT2D eigenvalue weighted by atomic mass is 10.1. The van der Waals surface area contributed by atoms with Crippen molar-refractivity contribution in [3.8, 4) is 11.3 Å². The second-order valence-electron chi connectivity index (χ2n) is 6.84. The largest absolute Gasteiger partial charge is 0.456 e. The van der Waals surface area contributed by atoms with E-state index in [-0.39, 0.29) is 42.6 Å². The Kier molecular flexibility index (Phi) is 7.86. The van der Waals surface area contributed by atoms with Crippen molar-refractivity contribution in [1.29, 1.82) is 0 Å². The van der Waals surface area contributed by atoms with E-state index in [1.54, 1.807) is 0 Å². The minimum atomic E-state index is -0.767. The monoisotopic (exact) mass is 428 g/mol. The van der Waals surface area contributed by atoms with E-state index in [9.17, 15) is 18.4 Å². The Labute approximate surface area is 178 Å². The summed E-state index contributed by atoms with van der Waals surface area (Å²) in [7, 11) is 0. The average molecular weight is 428 g/mol. The van der Waals surface area contributed by atoms with E-state index in [0.29, 0.717) is 6.54 Å². The van der Waals surface area contributed by atoms with Crippen LogP contribution in [-0.4, -0.2) is 30.0 Å². The van der Waals surface area contributed by atoms with Gasteiger partial charge in [0.25, 0.3) is 5.91 Å². The van der Waals surface area contributed by atoms with Crippen molar-refractivity contribution in [2.24, 2.45) is 0 Å². The Hall–Kier alpha value is -3.55. The van der Waals surface area contributed by atoms with Crippen molar-refractivity contribution >= 4 is 11.9 Å². The van der Waals surface area contributed by atoms with Gasteiger partial charge in [0.1, 0.15) is 11.6 Å². The SMILES string of the molecule is O=C(COC(=O)CCc1ncc(-c2ccc(F)cc2F)o1)NCCCc1ccccc1. The maximum atomic E-state index is 13.8. The molecule has 2 aromatic carbocycles. The van der Waals surface area contributed by atoms with Crippen molar-refractivity contribution < 1.29 is 27.5 Å². The number of ether oxygens (including phenoxy) is 1. The molecule has 0 aliphatic rings. The fourth-order valence-electron chi connectivity index (χ4n) is 2.88. The minimum Gasteiger partial charge on any atom is -0.456 e. The van der Waals surface area contributed by atoms with Crippen molar-refractivity contribution in [1.82, 2.24) is 10.3 Å². The van der Waals surface area contributed by atoms with E-state index in [2.05, 4.69) is 10.3 Å². The second kappa shape index (κ2) is 11.0. The lowest BCUT2D eigenvalue weighted by Crippen LogP contribution is -2.29. The molecule has 0 saturated carbocycles. The molecule has 31 heavy (non-hydrogen) atoms. The van der Waals surface area contributed by atoms with Gasteiger partial charge in [0.05, 0.1) is 18.2 Å². The van der Waals surface area contributed by atoms with Crippen LogP contribution >= 0.6 is 0 Å². The molecular formula is C23H22F2N2O4. The Balaban J connectivity index is 1.34. The molecule has 0 fully saturated rings. The van der Waals surface area contributed by atoms with E-state index in [1.165, 1.54) is 17.8 Å². The molecule has 8 heteroatoms. The zero-order valence-corrected chi connectivity index (χ0v) is 16.8. The molecule has 6 nitrogen and oxygen atoms in total. The van der Waals surface area contributed by atoms with Crippen LogP contribution in [0.2, 0.25) is 0 Å². The summed E-state index contributed by atoms with van der Waals surface area (Å²) in [6, 6.07) is 13.0. The average Bonchev–Trinajstić information content (AvgIpc) is 3.23. The number of oxazole rings is 1. The Morgan fingerprint density at radius 1 is 1.06 bits per heavy atom. The van der Waals surface area contributed by atoms with Crippen LogP contribution in [0.5, 0.6) is 0 Å². The fourth-order valence-corrected chi connectivity index (χ4v) is 2.88. The molecule has 0 saturated heterocycles. The fraction of sp³-hybridized carbons (Fsp3) is 0.261. The van der Waals surface area contributed by atoms with Gasteiger partial charge in [-0.3, -0.25) is 9.59 Å². The number of hydrogen-bond acceptors (Lipinski definition) is 5. The minimum absolute atomic E-state index is 0.0485. The number of aryl methyl sites for hydroxylation is 2. The molecule has 1 N–H and O–H groups in total. The van der Waals surface area contributed by atoms with E-state index in [0.717, 1.165) is 25.0 Å². The topological polar surface area (TPSA) is 81.4 Å². The van der Waals surface area contributed by atoms with Gasteiger partial charge in [-0.2, -0.15) is 0 Å². The third kappa shape index (κ3) is 7.02. The third-order valence-electron chi connectivity index (χ3n) is 4.46. The molecule has 1 amide bonds. The van der Waals surface area contributed by atoms with Crippen molar-refractivity contribution in [2.75, 3.05) is 13.2 Å². The van der Waals surface area contributed by atoms with Crippen molar-refractivity contribution in [3.63, 3.8) is 0 Å². The van der Waals surface area contributed by atoms with E-state index >= 15 is 0 Å². The van der Waals surface area contributed by atoms with Gasteiger partial charge in [0.15, 0.2) is 18.3 Å². The van der Waals surface area contributed by atoms with Crippen LogP contribution in [0.4, 0.5) is 8.78 Å². The maximum absolute atomic E-state index is 13.8. The summed E-state index contributed by atoms with van der Waals surface area (Å²) >= 11 is 0. The first-order chi connectivity index (χ1) is 15.0. The number of aromatic nitrogens is 1. The predicted molar refractivity (Wildman–Crippen MR) is 109 cm³/mol. The van der Waals surface area contributed by atoms with Crippen molar-refractivity contribution in [2.45, 2.75) is 25.7 Å². The van der Waals surface area contributed by atoms with Gasteiger partial charge in [0, 0.05) is 19.0 Å². The van der Waals surface area contributed by atoms with E-state index in [4.69, 9.17) is 9.15 Å². The first kappa shape index (κ1) is 22.1. The molecule has 0 radical (unpaired) electrons. The smallest absolute Gasteiger partial charge is 0.306 e. The summed E-state index contributed by atoms with van der Waals surface area (Å²) in [5, 5.41) is 2.70. The molecule has 3 rings (SSSR count). The van der Waals surface area contributed by atoms with E-state index in [1.807, 2.05) is 30.3 Å². The summed E-state index contributed by atoms with van der Waals surface area (Å²) in [5.74, 6) is -2.06. The number of carbonyl (C=O) groups excluding carboxylic acids is 2. The van der Waals surface area contributed by atoms with Crippen LogP contribution in [0.15, 0.2) is 59.1 Å². The van der Waals surface area contributed by atoms with Crippen LogP contribution in [0.1, 0.15) is 24.3 Å². The molecule has 0 aliphatic heterocycles. The normalized spacial score (nSPS) is 10.6. The van der Waals surface area contributed by atoms with Gasteiger partial charge in [-0.15, -0.1) is 0 Å². The number of rotatable bonds is 10. The summed E-state index contributed by atoms with van der Waals surface area (Å²) < 4.78 is 37.1. The van der Waals surface area contributed by atoms with Gasteiger partial charge in [-0.05, 0) is 30.5 Å². The van der Waals surface area contributed by atoms with Crippen LogP contribution in [-0.2, 0) is 27.2 Å². The molecule has 0 atom stereocenters. The molecule has 0 bridgehead atoms. The Bertz CT molecular complexity index is 1020. The highest BCUT2D eigenvalue weighted by Crippen LogP contribution is 2.24. The summed E-state index contributed by atoms with van der Waals surface area (Å²) in [4.78, 5) is 27.6. The summed E-state index contributed by atoms with van der Waals surface area (Å²) in [6.07, 6.45) is 3.01. The van der Waals surface area contributed by atoms with E-state index < -0.39 is 17.6 Å². The first-order valence-electron chi connectivity index (χ1n) is 9.87. The molecule has 1 heterocycles. The number of halogens is 2. The maximum Gasteiger partial charge on any atom is 0.306 e. The highest BCUT2D eigenvalue weighted by molar-refractivity contribution is 5.80. The number of amides is 1. The standard InChI is InChI=1S/C23H22F2N2O4/c24-17-8-9-18(19(25)13-17)20-14-27-22(31-20)10-11-23(29)30-15-21(28)26-12-4-7-16-5-2-1-3-6-16/h1-3,5-6,8-9,13-14H,4,7,10-12,15H2,(H,26,28).